The second-order valence-electron chi connectivity index (χ2n) is 4.58. The Morgan fingerprint density at radius 3 is 2.73 bits per heavy atom. The third-order valence-corrected chi connectivity index (χ3v) is 5.01. The fourth-order valence-corrected chi connectivity index (χ4v) is 3.51. The lowest BCUT2D eigenvalue weighted by Crippen LogP contribution is -2.50. The maximum absolute atomic E-state index is 5.92. The SMILES string of the molecule is CCC1CN(C(CN)C(C)CC)CCS1. The van der Waals surface area contributed by atoms with Crippen molar-refractivity contribution >= 4 is 11.8 Å². The highest BCUT2D eigenvalue weighted by atomic mass is 32.2. The molecule has 0 spiro atoms. The summed E-state index contributed by atoms with van der Waals surface area (Å²) in [6, 6.07) is 0.602. The molecule has 0 aliphatic carbocycles. The van der Waals surface area contributed by atoms with E-state index in [1.807, 2.05) is 0 Å². The smallest absolute Gasteiger partial charge is 0.0244 e. The van der Waals surface area contributed by atoms with Gasteiger partial charge < -0.3 is 5.73 Å². The quantitative estimate of drug-likeness (QED) is 0.785. The van der Waals surface area contributed by atoms with Gasteiger partial charge in [0, 0.05) is 36.7 Å². The summed E-state index contributed by atoms with van der Waals surface area (Å²) >= 11 is 2.13. The second kappa shape index (κ2) is 6.77. The van der Waals surface area contributed by atoms with Crippen LogP contribution in [-0.2, 0) is 0 Å². The van der Waals surface area contributed by atoms with Gasteiger partial charge in [0.2, 0.25) is 0 Å². The molecule has 1 aliphatic rings. The topological polar surface area (TPSA) is 29.3 Å². The van der Waals surface area contributed by atoms with Crippen molar-refractivity contribution < 1.29 is 0 Å². The first-order valence-electron chi connectivity index (χ1n) is 6.28. The van der Waals surface area contributed by atoms with E-state index in [4.69, 9.17) is 5.73 Å². The highest BCUT2D eigenvalue weighted by molar-refractivity contribution is 8.00. The van der Waals surface area contributed by atoms with Crippen molar-refractivity contribution in [1.82, 2.24) is 4.90 Å². The normalized spacial score (nSPS) is 27.6. The molecule has 3 heteroatoms. The summed E-state index contributed by atoms with van der Waals surface area (Å²) in [4.78, 5) is 2.62. The monoisotopic (exact) mass is 230 g/mol. The van der Waals surface area contributed by atoms with E-state index < -0.39 is 0 Å². The zero-order valence-electron chi connectivity index (χ0n) is 10.4. The summed E-state index contributed by atoms with van der Waals surface area (Å²) in [5.41, 5.74) is 5.92. The molecule has 3 unspecified atom stereocenters. The summed E-state index contributed by atoms with van der Waals surface area (Å²) in [5.74, 6) is 2.02. The van der Waals surface area contributed by atoms with Crippen LogP contribution in [0, 0.1) is 5.92 Å². The fraction of sp³-hybridized carbons (Fsp3) is 1.00. The Morgan fingerprint density at radius 2 is 2.20 bits per heavy atom. The number of rotatable bonds is 5. The molecule has 1 rings (SSSR count). The van der Waals surface area contributed by atoms with Crippen LogP contribution in [0.2, 0.25) is 0 Å². The molecule has 90 valence electrons. The van der Waals surface area contributed by atoms with E-state index in [-0.39, 0.29) is 0 Å². The minimum atomic E-state index is 0.602. The standard InChI is InChI=1S/C12H26N2S/c1-4-10(3)12(8-13)14-6-7-15-11(5-2)9-14/h10-12H,4-9,13H2,1-3H3. The van der Waals surface area contributed by atoms with E-state index in [1.54, 1.807) is 0 Å². The molecule has 1 aliphatic heterocycles. The van der Waals surface area contributed by atoms with E-state index in [0.717, 1.165) is 17.7 Å². The number of hydrogen-bond donors (Lipinski definition) is 1. The third kappa shape index (κ3) is 3.65. The van der Waals surface area contributed by atoms with Gasteiger partial charge in [-0.2, -0.15) is 11.8 Å². The number of thioether (sulfide) groups is 1. The molecule has 2 N–H and O–H groups in total. The lowest BCUT2D eigenvalue weighted by Gasteiger charge is -2.39. The Morgan fingerprint density at radius 1 is 1.47 bits per heavy atom. The Balaban J connectivity index is 2.51. The molecule has 3 atom stereocenters. The van der Waals surface area contributed by atoms with Crippen molar-refractivity contribution in [3.05, 3.63) is 0 Å². The molecule has 15 heavy (non-hydrogen) atoms. The molecule has 2 nitrogen and oxygen atoms in total. The van der Waals surface area contributed by atoms with E-state index in [9.17, 15) is 0 Å². The lowest BCUT2D eigenvalue weighted by atomic mass is 9.97. The first-order valence-corrected chi connectivity index (χ1v) is 7.33. The molecule has 0 aromatic carbocycles. The predicted octanol–water partition coefficient (Wildman–Crippen LogP) is 2.19. The second-order valence-corrected chi connectivity index (χ2v) is 5.99. The lowest BCUT2D eigenvalue weighted by molar-refractivity contribution is 0.154. The van der Waals surface area contributed by atoms with E-state index in [2.05, 4.69) is 37.4 Å². The van der Waals surface area contributed by atoms with Crippen LogP contribution in [0.1, 0.15) is 33.6 Å². The fourth-order valence-electron chi connectivity index (χ4n) is 2.30. The van der Waals surface area contributed by atoms with Gasteiger partial charge in [-0.3, -0.25) is 4.90 Å². The van der Waals surface area contributed by atoms with Gasteiger partial charge in [0.05, 0.1) is 0 Å². The minimum absolute atomic E-state index is 0.602. The zero-order chi connectivity index (χ0) is 11.3. The maximum Gasteiger partial charge on any atom is 0.0244 e. The molecule has 1 fully saturated rings. The van der Waals surface area contributed by atoms with Crippen molar-refractivity contribution in [1.29, 1.82) is 0 Å². The van der Waals surface area contributed by atoms with Crippen molar-refractivity contribution in [2.75, 3.05) is 25.4 Å². The van der Waals surface area contributed by atoms with E-state index in [0.29, 0.717) is 6.04 Å². The van der Waals surface area contributed by atoms with Gasteiger partial charge >= 0.3 is 0 Å². The Hall–Kier alpha value is 0.270. The number of hydrogen-bond acceptors (Lipinski definition) is 3. The Bertz CT molecular complexity index is 175. The Labute approximate surface area is 99.0 Å². The van der Waals surface area contributed by atoms with Crippen LogP contribution in [0.5, 0.6) is 0 Å². The van der Waals surface area contributed by atoms with Gasteiger partial charge in [-0.25, -0.2) is 0 Å². The first-order chi connectivity index (χ1) is 7.22. The Kier molecular flexibility index (Phi) is 6.02. The van der Waals surface area contributed by atoms with Gasteiger partial charge in [-0.05, 0) is 12.3 Å². The van der Waals surface area contributed by atoms with Gasteiger partial charge in [0.25, 0.3) is 0 Å². The highest BCUT2D eigenvalue weighted by Gasteiger charge is 2.27. The molecule has 0 saturated carbocycles. The number of nitrogens with zero attached hydrogens (tertiary/aromatic N) is 1. The van der Waals surface area contributed by atoms with Crippen molar-refractivity contribution in [2.45, 2.75) is 44.9 Å². The predicted molar refractivity (Wildman–Crippen MR) is 70.4 cm³/mol. The van der Waals surface area contributed by atoms with Crippen molar-refractivity contribution in [2.24, 2.45) is 11.7 Å². The summed E-state index contributed by atoms with van der Waals surface area (Å²) < 4.78 is 0. The van der Waals surface area contributed by atoms with Crippen LogP contribution in [0.4, 0.5) is 0 Å². The molecular formula is C12H26N2S. The highest BCUT2D eigenvalue weighted by Crippen LogP contribution is 2.25. The first kappa shape index (κ1) is 13.3. The van der Waals surface area contributed by atoms with E-state index in [1.165, 1.54) is 31.7 Å². The molecule has 1 saturated heterocycles. The van der Waals surface area contributed by atoms with Crippen molar-refractivity contribution in [3.8, 4) is 0 Å². The van der Waals surface area contributed by atoms with Crippen molar-refractivity contribution in [3.63, 3.8) is 0 Å². The van der Waals surface area contributed by atoms with Crippen LogP contribution >= 0.6 is 11.8 Å². The van der Waals surface area contributed by atoms with Gasteiger partial charge in [-0.1, -0.05) is 27.2 Å². The summed E-state index contributed by atoms with van der Waals surface area (Å²) in [6.45, 7) is 10.2. The molecule has 0 aromatic rings. The van der Waals surface area contributed by atoms with Crippen LogP contribution < -0.4 is 5.73 Å². The molecular weight excluding hydrogens is 204 g/mol. The van der Waals surface area contributed by atoms with Gasteiger partial charge in [0.1, 0.15) is 0 Å². The molecule has 0 aromatic heterocycles. The minimum Gasteiger partial charge on any atom is -0.329 e. The molecule has 1 heterocycles. The molecule has 0 bridgehead atoms. The average Bonchev–Trinajstić information content (AvgIpc) is 2.30. The maximum atomic E-state index is 5.92. The van der Waals surface area contributed by atoms with Crippen LogP contribution in [0.25, 0.3) is 0 Å². The van der Waals surface area contributed by atoms with Gasteiger partial charge in [0.15, 0.2) is 0 Å². The number of nitrogens with two attached hydrogens (primary N) is 1. The summed E-state index contributed by atoms with van der Waals surface area (Å²) in [6.07, 6.45) is 2.53. The molecule has 0 amide bonds. The van der Waals surface area contributed by atoms with Crippen LogP contribution in [-0.4, -0.2) is 41.6 Å². The third-order valence-electron chi connectivity index (χ3n) is 3.64. The van der Waals surface area contributed by atoms with Gasteiger partial charge in [-0.15, -0.1) is 0 Å². The zero-order valence-corrected chi connectivity index (χ0v) is 11.2. The van der Waals surface area contributed by atoms with Crippen LogP contribution in [0.3, 0.4) is 0 Å². The summed E-state index contributed by atoms with van der Waals surface area (Å²) in [5, 5.41) is 0.830. The molecule has 0 radical (unpaired) electrons. The van der Waals surface area contributed by atoms with E-state index >= 15 is 0 Å². The summed E-state index contributed by atoms with van der Waals surface area (Å²) in [7, 11) is 0. The largest absolute Gasteiger partial charge is 0.329 e. The van der Waals surface area contributed by atoms with Crippen LogP contribution in [0.15, 0.2) is 0 Å². The average molecular weight is 230 g/mol.